The summed E-state index contributed by atoms with van der Waals surface area (Å²) in [5.41, 5.74) is 1.14. The quantitative estimate of drug-likeness (QED) is 0.889. The molecule has 3 nitrogen and oxygen atoms in total. The van der Waals surface area contributed by atoms with Gasteiger partial charge in [-0.2, -0.15) is 0 Å². The highest BCUT2D eigenvalue weighted by molar-refractivity contribution is 6.31. The molecule has 0 radical (unpaired) electrons. The van der Waals surface area contributed by atoms with Crippen LogP contribution in [0.3, 0.4) is 0 Å². The first kappa shape index (κ1) is 13.8. The Hall–Kier alpha value is -0.640. The van der Waals surface area contributed by atoms with Gasteiger partial charge in [0.05, 0.1) is 5.02 Å². The van der Waals surface area contributed by atoms with Crippen LogP contribution in [0.5, 0.6) is 0 Å². The molecule has 0 aromatic carbocycles. The van der Waals surface area contributed by atoms with Gasteiger partial charge < -0.3 is 10.2 Å². The van der Waals surface area contributed by atoms with Crippen LogP contribution >= 0.6 is 11.6 Å². The van der Waals surface area contributed by atoms with E-state index in [1.165, 1.54) is 32.5 Å². The number of halogens is 1. The van der Waals surface area contributed by atoms with Crippen LogP contribution in [0.15, 0.2) is 18.5 Å². The van der Waals surface area contributed by atoms with Crippen LogP contribution in [0.2, 0.25) is 5.02 Å². The van der Waals surface area contributed by atoms with Crippen molar-refractivity contribution in [3.05, 3.63) is 29.0 Å². The number of nitrogens with zero attached hydrogens (tertiary/aromatic N) is 2. The highest BCUT2D eigenvalue weighted by atomic mass is 35.5. The Bertz CT molecular complexity index is 362. The molecule has 0 atom stereocenters. The zero-order valence-corrected chi connectivity index (χ0v) is 11.8. The fourth-order valence-electron chi connectivity index (χ4n) is 2.47. The lowest BCUT2D eigenvalue weighted by Crippen LogP contribution is -2.36. The molecule has 0 spiro atoms. The van der Waals surface area contributed by atoms with Gasteiger partial charge in [-0.25, -0.2) is 0 Å². The van der Waals surface area contributed by atoms with Crippen molar-refractivity contribution in [2.75, 3.05) is 26.2 Å². The molecule has 1 aromatic heterocycles. The largest absolute Gasteiger partial charge is 0.312 e. The highest BCUT2D eigenvalue weighted by Crippen LogP contribution is 2.17. The van der Waals surface area contributed by atoms with Crippen LogP contribution in [0.4, 0.5) is 0 Å². The van der Waals surface area contributed by atoms with Gasteiger partial charge in [-0.3, -0.25) is 4.98 Å². The number of piperidine rings is 1. The van der Waals surface area contributed by atoms with Gasteiger partial charge in [-0.15, -0.1) is 0 Å². The van der Waals surface area contributed by atoms with Crippen molar-refractivity contribution >= 4 is 11.6 Å². The summed E-state index contributed by atoms with van der Waals surface area (Å²) in [7, 11) is 0. The summed E-state index contributed by atoms with van der Waals surface area (Å²) in [6.45, 7) is 7.86. The van der Waals surface area contributed by atoms with Crippen molar-refractivity contribution in [2.45, 2.75) is 26.3 Å². The Kier molecular flexibility index (Phi) is 5.42. The van der Waals surface area contributed by atoms with Crippen molar-refractivity contribution in [3.8, 4) is 0 Å². The van der Waals surface area contributed by atoms with Crippen molar-refractivity contribution in [1.29, 1.82) is 0 Å². The van der Waals surface area contributed by atoms with Crippen LogP contribution in [0.25, 0.3) is 0 Å². The van der Waals surface area contributed by atoms with Crippen molar-refractivity contribution in [1.82, 2.24) is 15.2 Å². The summed E-state index contributed by atoms with van der Waals surface area (Å²) >= 11 is 6.07. The van der Waals surface area contributed by atoms with Crippen molar-refractivity contribution in [2.24, 2.45) is 5.92 Å². The SMILES string of the molecule is CCN1CCC(CNCc2ccncc2Cl)CC1. The number of rotatable bonds is 5. The summed E-state index contributed by atoms with van der Waals surface area (Å²) in [5.74, 6) is 0.813. The zero-order valence-electron chi connectivity index (χ0n) is 11.0. The molecule has 4 heteroatoms. The van der Waals surface area contributed by atoms with Gasteiger partial charge in [-0.1, -0.05) is 18.5 Å². The number of hydrogen-bond donors (Lipinski definition) is 1. The second-order valence-electron chi connectivity index (χ2n) is 4.98. The van der Waals surface area contributed by atoms with Gasteiger partial charge in [0.2, 0.25) is 0 Å². The van der Waals surface area contributed by atoms with E-state index in [1.54, 1.807) is 12.4 Å². The highest BCUT2D eigenvalue weighted by Gasteiger charge is 2.17. The summed E-state index contributed by atoms with van der Waals surface area (Å²) in [6.07, 6.45) is 6.12. The maximum Gasteiger partial charge on any atom is 0.0634 e. The normalized spacial score (nSPS) is 18.1. The first-order valence-electron chi connectivity index (χ1n) is 6.81. The Morgan fingerprint density at radius 3 is 2.89 bits per heavy atom. The van der Waals surface area contributed by atoms with E-state index in [4.69, 9.17) is 11.6 Å². The Morgan fingerprint density at radius 1 is 1.44 bits per heavy atom. The molecule has 100 valence electrons. The molecule has 1 N–H and O–H groups in total. The lowest BCUT2D eigenvalue weighted by molar-refractivity contribution is 0.190. The molecule has 1 fully saturated rings. The zero-order chi connectivity index (χ0) is 12.8. The predicted octanol–water partition coefficient (Wildman–Crippen LogP) is 2.56. The Morgan fingerprint density at radius 2 is 2.22 bits per heavy atom. The minimum atomic E-state index is 0.755. The summed E-state index contributed by atoms with van der Waals surface area (Å²) in [6, 6.07) is 1.98. The van der Waals surface area contributed by atoms with E-state index >= 15 is 0 Å². The molecule has 0 unspecified atom stereocenters. The van der Waals surface area contributed by atoms with Crippen LogP contribution in [-0.4, -0.2) is 36.1 Å². The van der Waals surface area contributed by atoms with Crippen molar-refractivity contribution in [3.63, 3.8) is 0 Å². The van der Waals surface area contributed by atoms with E-state index in [0.29, 0.717) is 0 Å². The third kappa shape index (κ3) is 3.94. The van der Waals surface area contributed by atoms with Gasteiger partial charge >= 0.3 is 0 Å². The summed E-state index contributed by atoms with van der Waals surface area (Å²) < 4.78 is 0. The lowest BCUT2D eigenvalue weighted by atomic mass is 9.97. The molecule has 0 amide bonds. The van der Waals surface area contributed by atoms with E-state index in [9.17, 15) is 0 Å². The molecule has 0 bridgehead atoms. The number of nitrogens with one attached hydrogen (secondary N) is 1. The van der Waals surface area contributed by atoms with Gasteiger partial charge in [0.15, 0.2) is 0 Å². The maximum atomic E-state index is 6.07. The number of pyridine rings is 1. The molecule has 2 rings (SSSR count). The van der Waals surface area contributed by atoms with Gasteiger partial charge in [0.1, 0.15) is 0 Å². The molecule has 0 saturated carbocycles. The molecular formula is C14H22ClN3. The molecule has 2 heterocycles. The molecular weight excluding hydrogens is 246 g/mol. The second kappa shape index (κ2) is 7.07. The number of likely N-dealkylation sites (tertiary alicyclic amines) is 1. The average Bonchev–Trinajstić information content (AvgIpc) is 2.42. The smallest absolute Gasteiger partial charge is 0.0634 e. The summed E-state index contributed by atoms with van der Waals surface area (Å²) in [5, 5.41) is 4.27. The van der Waals surface area contributed by atoms with Crippen LogP contribution in [-0.2, 0) is 6.54 Å². The van der Waals surface area contributed by atoms with Gasteiger partial charge in [-0.05, 0) is 56.6 Å². The topological polar surface area (TPSA) is 28.2 Å². The van der Waals surface area contributed by atoms with Crippen molar-refractivity contribution < 1.29 is 0 Å². The molecule has 1 aliphatic heterocycles. The average molecular weight is 268 g/mol. The fraction of sp³-hybridized carbons (Fsp3) is 0.643. The first-order valence-corrected chi connectivity index (χ1v) is 7.19. The van der Waals surface area contributed by atoms with Gasteiger partial charge in [0.25, 0.3) is 0 Å². The molecule has 1 saturated heterocycles. The second-order valence-corrected chi connectivity index (χ2v) is 5.38. The van der Waals surface area contributed by atoms with E-state index < -0.39 is 0 Å². The molecule has 18 heavy (non-hydrogen) atoms. The monoisotopic (exact) mass is 267 g/mol. The first-order chi connectivity index (χ1) is 8.79. The Balaban J connectivity index is 1.69. The standard InChI is InChI=1S/C14H22ClN3/c1-2-18-7-4-12(5-8-18)9-17-10-13-3-6-16-11-14(13)15/h3,6,11-12,17H,2,4-5,7-10H2,1H3. The fourth-order valence-corrected chi connectivity index (χ4v) is 2.65. The van der Waals surface area contributed by atoms with Crippen LogP contribution in [0, 0.1) is 5.92 Å². The number of aromatic nitrogens is 1. The minimum absolute atomic E-state index is 0.755. The number of hydrogen-bond acceptors (Lipinski definition) is 3. The predicted molar refractivity (Wildman–Crippen MR) is 75.8 cm³/mol. The van der Waals surface area contributed by atoms with E-state index in [-0.39, 0.29) is 0 Å². The van der Waals surface area contributed by atoms with E-state index in [0.717, 1.165) is 29.6 Å². The molecule has 0 aliphatic carbocycles. The minimum Gasteiger partial charge on any atom is -0.312 e. The van der Waals surface area contributed by atoms with Crippen LogP contribution in [0.1, 0.15) is 25.3 Å². The van der Waals surface area contributed by atoms with Gasteiger partial charge in [0, 0.05) is 18.9 Å². The third-order valence-corrected chi connectivity index (χ3v) is 4.10. The lowest BCUT2D eigenvalue weighted by Gasteiger charge is -2.31. The van der Waals surface area contributed by atoms with E-state index in [1.807, 2.05) is 6.07 Å². The maximum absolute atomic E-state index is 6.07. The third-order valence-electron chi connectivity index (χ3n) is 3.76. The Labute approximate surface area is 115 Å². The molecule has 1 aromatic rings. The van der Waals surface area contributed by atoms with E-state index in [2.05, 4.69) is 22.1 Å². The molecule has 1 aliphatic rings. The summed E-state index contributed by atoms with van der Waals surface area (Å²) in [4.78, 5) is 6.52. The van der Waals surface area contributed by atoms with Crippen LogP contribution < -0.4 is 5.32 Å².